The fourth-order valence-corrected chi connectivity index (χ4v) is 3.33. The second-order valence-electron chi connectivity index (χ2n) is 4.79. The molecule has 3 fully saturated rings. The quantitative estimate of drug-likeness (QED) is 0.665. The molecule has 0 radical (unpaired) electrons. The van der Waals surface area contributed by atoms with E-state index >= 15 is 0 Å². The summed E-state index contributed by atoms with van der Waals surface area (Å²) < 4.78 is 5.83. The molecule has 2 heterocycles. The molecule has 80 valence electrons. The highest BCUT2D eigenvalue weighted by atomic mass is 16.5. The lowest BCUT2D eigenvalue weighted by molar-refractivity contribution is -0.0688. The van der Waals surface area contributed by atoms with E-state index in [1.807, 2.05) is 0 Å². The smallest absolute Gasteiger partial charge is 0.0731 e. The molecule has 3 aliphatic rings. The maximum absolute atomic E-state index is 5.83. The van der Waals surface area contributed by atoms with Crippen molar-refractivity contribution in [2.75, 3.05) is 26.2 Å². The summed E-state index contributed by atoms with van der Waals surface area (Å²) in [6.07, 6.45) is 5.92. The molecular weight excluding hydrogens is 176 g/mol. The van der Waals surface area contributed by atoms with Crippen LogP contribution < -0.4 is 5.32 Å². The van der Waals surface area contributed by atoms with E-state index in [1.165, 1.54) is 38.8 Å². The van der Waals surface area contributed by atoms with Gasteiger partial charge in [-0.2, -0.15) is 0 Å². The molecule has 2 saturated heterocycles. The molecular formula is C11H20N2O. The molecule has 0 spiro atoms. The minimum Gasteiger partial charge on any atom is -0.375 e. The van der Waals surface area contributed by atoms with Gasteiger partial charge in [-0.15, -0.1) is 0 Å². The van der Waals surface area contributed by atoms with Crippen molar-refractivity contribution in [3.8, 4) is 0 Å². The summed E-state index contributed by atoms with van der Waals surface area (Å²) in [6.45, 7) is 4.52. The number of hydrogen-bond donors (Lipinski definition) is 1. The van der Waals surface area contributed by atoms with Crippen LogP contribution in [-0.4, -0.2) is 49.3 Å². The Kier molecular flexibility index (Phi) is 2.48. The number of nitrogens with zero attached hydrogens (tertiary/aromatic N) is 1. The number of morpholine rings is 1. The number of rotatable bonds is 1. The van der Waals surface area contributed by atoms with Gasteiger partial charge in [-0.05, 0) is 32.2 Å². The summed E-state index contributed by atoms with van der Waals surface area (Å²) in [4.78, 5) is 2.72. The van der Waals surface area contributed by atoms with E-state index in [1.54, 1.807) is 0 Å². The monoisotopic (exact) mass is 196 g/mol. The molecule has 3 unspecified atom stereocenters. The third-order valence-corrected chi connectivity index (χ3v) is 4.03. The van der Waals surface area contributed by atoms with E-state index in [2.05, 4.69) is 10.2 Å². The highest BCUT2D eigenvalue weighted by molar-refractivity contribution is 4.94. The predicted octanol–water partition coefficient (Wildman–Crippen LogP) is 0.602. The summed E-state index contributed by atoms with van der Waals surface area (Å²) in [5.41, 5.74) is 0. The zero-order chi connectivity index (χ0) is 9.38. The van der Waals surface area contributed by atoms with E-state index in [0.717, 1.165) is 25.2 Å². The summed E-state index contributed by atoms with van der Waals surface area (Å²) in [6, 6.07) is 1.54. The molecule has 1 saturated carbocycles. The molecule has 14 heavy (non-hydrogen) atoms. The van der Waals surface area contributed by atoms with Crippen LogP contribution in [0.25, 0.3) is 0 Å². The summed E-state index contributed by atoms with van der Waals surface area (Å²) in [5.74, 6) is 0. The zero-order valence-electron chi connectivity index (χ0n) is 8.74. The van der Waals surface area contributed by atoms with Crippen LogP contribution in [0, 0.1) is 0 Å². The van der Waals surface area contributed by atoms with Crippen LogP contribution in [0.4, 0.5) is 0 Å². The van der Waals surface area contributed by atoms with Crippen molar-refractivity contribution in [2.45, 2.75) is 43.9 Å². The third kappa shape index (κ3) is 1.47. The maximum atomic E-state index is 5.83. The van der Waals surface area contributed by atoms with Gasteiger partial charge in [0.05, 0.1) is 12.7 Å². The standard InChI is InChI=1S/C11H20N2O/c1-2-10-11(3-1)14-7-6-13(10)9-4-5-12-8-9/h9-12H,1-8H2. The van der Waals surface area contributed by atoms with Crippen LogP contribution in [-0.2, 0) is 4.74 Å². The molecule has 3 atom stereocenters. The van der Waals surface area contributed by atoms with Crippen molar-refractivity contribution in [3.05, 3.63) is 0 Å². The lowest BCUT2D eigenvalue weighted by atomic mass is 10.1. The maximum Gasteiger partial charge on any atom is 0.0731 e. The van der Waals surface area contributed by atoms with Crippen LogP contribution >= 0.6 is 0 Å². The van der Waals surface area contributed by atoms with Gasteiger partial charge in [-0.1, -0.05) is 0 Å². The van der Waals surface area contributed by atoms with Crippen molar-refractivity contribution < 1.29 is 4.74 Å². The van der Waals surface area contributed by atoms with Crippen LogP contribution in [0.2, 0.25) is 0 Å². The molecule has 0 aromatic carbocycles. The van der Waals surface area contributed by atoms with Crippen LogP contribution in [0.1, 0.15) is 25.7 Å². The van der Waals surface area contributed by atoms with E-state index in [4.69, 9.17) is 4.74 Å². The van der Waals surface area contributed by atoms with E-state index in [9.17, 15) is 0 Å². The van der Waals surface area contributed by atoms with Gasteiger partial charge in [-0.3, -0.25) is 4.90 Å². The third-order valence-electron chi connectivity index (χ3n) is 4.03. The number of nitrogens with one attached hydrogen (secondary N) is 1. The Labute approximate surface area is 85.8 Å². The first-order chi connectivity index (χ1) is 6.95. The summed E-state index contributed by atoms with van der Waals surface area (Å²) in [7, 11) is 0. The van der Waals surface area contributed by atoms with Gasteiger partial charge in [0, 0.05) is 25.2 Å². The number of hydrogen-bond acceptors (Lipinski definition) is 3. The minimum atomic E-state index is 0.560. The molecule has 3 rings (SSSR count). The van der Waals surface area contributed by atoms with Gasteiger partial charge in [0.25, 0.3) is 0 Å². The highest BCUT2D eigenvalue weighted by Gasteiger charge is 2.39. The van der Waals surface area contributed by atoms with Gasteiger partial charge in [0.1, 0.15) is 0 Å². The Hall–Kier alpha value is -0.120. The van der Waals surface area contributed by atoms with Gasteiger partial charge >= 0.3 is 0 Å². The van der Waals surface area contributed by atoms with Gasteiger partial charge < -0.3 is 10.1 Å². The summed E-state index contributed by atoms with van der Waals surface area (Å²) >= 11 is 0. The molecule has 0 aromatic heterocycles. The van der Waals surface area contributed by atoms with E-state index < -0.39 is 0 Å². The fraction of sp³-hybridized carbons (Fsp3) is 1.00. The first-order valence-electron chi connectivity index (χ1n) is 6.03. The lowest BCUT2D eigenvalue weighted by Gasteiger charge is -2.41. The average Bonchev–Trinajstić information content (AvgIpc) is 2.88. The van der Waals surface area contributed by atoms with Crippen LogP contribution in [0.3, 0.4) is 0 Å². The molecule has 1 N–H and O–H groups in total. The van der Waals surface area contributed by atoms with Gasteiger partial charge in [0.2, 0.25) is 0 Å². The Morgan fingerprint density at radius 2 is 2.21 bits per heavy atom. The van der Waals surface area contributed by atoms with E-state index in [-0.39, 0.29) is 0 Å². The lowest BCUT2D eigenvalue weighted by Crippen LogP contribution is -2.53. The first-order valence-corrected chi connectivity index (χ1v) is 6.03. The molecule has 0 aromatic rings. The number of fused-ring (bicyclic) bond motifs is 1. The molecule has 3 heteroatoms. The first kappa shape index (κ1) is 9.13. The summed E-state index contributed by atoms with van der Waals surface area (Å²) in [5, 5.41) is 3.47. The Balaban J connectivity index is 1.70. The van der Waals surface area contributed by atoms with Gasteiger partial charge in [0.15, 0.2) is 0 Å². The van der Waals surface area contributed by atoms with Crippen molar-refractivity contribution in [2.24, 2.45) is 0 Å². The van der Waals surface area contributed by atoms with Crippen molar-refractivity contribution in [3.63, 3.8) is 0 Å². The predicted molar refractivity (Wildman–Crippen MR) is 55.4 cm³/mol. The topological polar surface area (TPSA) is 24.5 Å². The van der Waals surface area contributed by atoms with E-state index in [0.29, 0.717) is 6.10 Å². The minimum absolute atomic E-state index is 0.560. The highest BCUT2D eigenvalue weighted by Crippen LogP contribution is 2.31. The molecule has 1 aliphatic carbocycles. The largest absolute Gasteiger partial charge is 0.375 e. The van der Waals surface area contributed by atoms with Crippen LogP contribution in [0.5, 0.6) is 0 Å². The molecule has 0 bridgehead atoms. The van der Waals surface area contributed by atoms with Crippen molar-refractivity contribution >= 4 is 0 Å². The normalized spacial score (nSPS) is 44.1. The second kappa shape index (κ2) is 3.80. The molecule has 0 amide bonds. The van der Waals surface area contributed by atoms with Crippen molar-refractivity contribution in [1.82, 2.24) is 10.2 Å². The second-order valence-corrected chi connectivity index (χ2v) is 4.79. The van der Waals surface area contributed by atoms with Gasteiger partial charge in [-0.25, -0.2) is 0 Å². The Morgan fingerprint density at radius 1 is 1.21 bits per heavy atom. The molecule has 3 nitrogen and oxygen atoms in total. The fourth-order valence-electron chi connectivity index (χ4n) is 3.33. The average molecular weight is 196 g/mol. The number of ether oxygens (including phenoxy) is 1. The zero-order valence-corrected chi connectivity index (χ0v) is 8.74. The van der Waals surface area contributed by atoms with Crippen molar-refractivity contribution in [1.29, 1.82) is 0 Å². The molecule has 2 aliphatic heterocycles. The Morgan fingerprint density at radius 3 is 3.07 bits per heavy atom. The van der Waals surface area contributed by atoms with Crippen LogP contribution in [0.15, 0.2) is 0 Å². The SMILES string of the molecule is C1CC2OCCN(C3CCNC3)C2C1. The Bertz CT molecular complexity index is 203.